The van der Waals surface area contributed by atoms with Crippen LogP contribution < -0.4 is 5.48 Å². The third-order valence-electron chi connectivity index (χ3n) is 1.63. The summed E-state index contributed by atoms with van der Waals surface area (Å²) < 4.78 is 0. The van der Waals surface area contributed by atoms with E-state index in [4.69, 9.17) is 5.26 Å². The molecule has 1 rings (SSSR count). The number of hydrogen-bond acceptors (Lipinski definition) is 5. The lowest BCUT2D eigenvalue weighted by molar-refractivity contribution is -0.152. The normalized spacial score (nSPS) is 8.50. The van der Waals surface area contributed by atoms with Crippen LogP contribution in [-0.2, 0) is 14.4 Å². The van der Waals surface area contributed by atoms with Gasteiger partial charge in [-0.05, 0) is 26.0 Å². The van der Waals surface area contributed by atoms with Crippen molar-refractivity contribution in [3.63, 3.8) is 0 Å². The van der Waals surface area contributed by atoms with Gasteiger partial charge in [0.05, 0.1) is 11.6 Å². The molecule has 96 valence electrons. The third kappa shape index (κ3) is 9.07. The number of hydroxylamine groups is 1. The van der Waals surface area contributed by atoms with Crippen LogP contribution in [0.5, 0.6) is 0 Å². The minimum absolute atomic E-state index is 0.160. The minimum atomic E-state index is -0.533. The van der Waals surface area contributed by atoms with Gasteiger partial charge in [-0.1, -0.05) is 18.2 Å². The number of ketones is 1. The second kappa shape index (κ2) is 10.00. The van der Waals surface area contributed by atoms with E-state index in [0.29, 0.717) is 12.1 Å². The Labute approximate surface area is 106 Å². The highest BCUT2D eigenvalue weighted by Gasteiger charge is 2.04. The molecule has 1 aromatic carbocycles. The molecule has 1 aromatic rings. The first-order chi connectivity index (χ1) is 8.60. The van der Waals surface area contributed by atoms with E-state index in [1.807, 2.05) is 24.3 Å². The lowest BCUT2D eigenvalue weighted by Crippen LogP contribution is -2.20. The number of nitriles is 1. The van der Waals surface area contributed by atoms with Gasteiger partial charge in [0.25, 0.3) is 0 Å². The van der Waals surface area contributed by atoms with E-state index < -0.39 is 5.97 Å². The van der Waals surface area contributed by atoms with Gasteiger partial charge in [-0.3, -0.25) is 4.79 Å². The molecular formula is C13H16N2O3. The van der Waals surface area contributed by atoms with Crippen LogP contribution in [0.25, 0.3) is 0 Å². The van der Waals surface area contributed by atoms with Crippen molar-refractivity contribution in [3.05, 3.63) is 35.9 Å². The largest absolute Gasteiger partial charge is 0.370 e. The second-order valence-electron chi connectivity index (χ2n) is 3.33. The molecule has 0 aliphatic carbocycles. The minimum Gasteiger partial charge on any atom is -0.370 e. The predicted molar refractivity (Wildman–Crippen MR) is 66.2 cm³/mol. The standard InChI is InChI=1S/C7H5N.C6H11NO3/c8-6-7-4-2-1-3-5-7;1-3-7-10-6(9)4-5(2)8/h1-5H;7H,3-4H2,1-2H3. The first kappa shape index (κ1) is 15.8. The average molecular weight is 248 g/mol. The molecule has 0 radical (unpaired) electrons. The number of hydrogen-bond donors (Lipinski definition) is 1. The molecule has 5 nitrogen and oxygen atoms in total. The Balaban J connectivity index is 0.000000327. The smallest absolute Gasteiger partial charge is 0.332 e. The number of benzene rings is 1. The molecule has 0 saturated heterocycles. The highest BCUT2D eigenvalue weighted by atomic mass is 16.7. The van der Waals surface area contributed by atoms with Crippen molar-refractivity contribution in [3.8, 4) is 6.07 Å². The molecule has 0 amide bonds. The number of carbonyl (C=O) groups is 2. The summed E-state index contributed by atoms with van der Waals surface area (Å²) in [5.74, 6) is -0.725. The summed E-state index contributed by atoms with van der Waals surface area (Å²) in [5, 5.41) is 8.29. The van der Waals surface area contributed by atoms with E-state index in [1.165, 1.54) is 6.92 Å². The van der Waals surface area contributed by atoms with Gasteiger partial charge in [-0.25, -0.2) is 4.79 Å². The SMILES string of the molecule is CCNOC(=O)CC(C)=O.N#Cc1ccccc1. The lowest BCUT2D eigenvalue weighted by atomic mass is 10.2. The molecule has 0 bridgehead atoms. The topological polar surface area (TPSA) is 79.2 Å². The summed E-state index contributed by atoms with van der Waals surface area (Å²) >= 11 is 0. The highest BCUT2D eigenvalue weighted by molar-refractivity contribution is 5.93. The zero-order chi connectivity index (χ0) is 13.8. The van der Waals surface area contributed by atoms with Crippen molar-refractivity contribution in [1.82, 2.24) is 5.48 Å². The summed E-state index contributed by atoms with van der Waals surface area (Å²) in [4.78, 5) is 25.2. The molecule has 0 fully saturated rings. The third-order valence-corrected chi connectivity index (χ3v) is 1.63. The zero-order valence-corrected chi connectivity index (χ0v) is 10.5. The van der Waals surface area contributed by atoms with Crippen molar-refractivity contribution in [1.29, 1.82) is 5.26 Å². The average Bonchev–Trinajstić information content (AvgIpc) is 2.37. The molecule has 0 spiro atoms. The van der Waals surface area contributed by atoms with Gasteiger partial charge < -0.3 is 4.84 Å². The van der Waals surface area contributed by atoms with Crippen molar-refractivity contribution < 1.29 is 14.4 Å². The molecule has 0 heterocycles. The van der Waals surface area contributed by atoms with Gasteiger partial charge in [-0.2, -0.15) is 10.7 Å². The first-order valence-electron chi connectivity index (χ1n) is 5.47. The Kier molecular flexibility index (Phi) is 8.78. The van der Waals surface area contributed by atoms with Crippen molar-refractivity contribution >= 4 is 11.8 Å². The number of carbonyl (C=O) groups excluding carboxylic acids is 2. The molecule has 1 N–H and O–H groups in total. The maximum absolute atomic E-state index is 10.5. The van der Waals surface area contributed by atoms with Crippen LogP contribution in [-0.4, -0.2) is 18.3 Å². The molecular weight excluding hydrogens is 232 g/mol. The van der Waals surface area contributed by atoms with Crippen LogP contribution in [0.1, 0.15) is 25.8 Å². The summed E-state index contributed by atoms with van der Waals surface area (Å²) in [6.45, 7) is 3.68. The van der Waals surface area contributed by atoms with E-state index in [1.54, 1.807) is 19.1 Å². The second-order valence-corrected chi connectivity index (χ2v) is 3.33. The first-order valence-corrected chi connectivity index (χ1v) is 5.47. The Morgan fingerprint density at radius 1 is 1.33 bits per heavy atom. The maximum Gasteiger partial charge on any atom is 0.332 e. The summed E-state index contributed by atoms with van der Waals surface area (Å²) in [6.07, 6.45) is -0.160. The maximum atomic E-state index is 10.5. The number of Topliss-reactive ketones (excluding diaryl/α,β-unsaturated/α-hetero) is 1. The summed E-state index contributed by atoms with van der Waals surface area (Å²) in [7, 11) is 0. The van der Waals surface area contributed by atoms with E-state index >= 15 is 0 Å². The molecule has 18 heavy (non-hydrogen) atoms. The lowest BCUT2D eigenvalue weighted by Gasteiger charge is -1.99. The van der Waals surface area contributed by atoms with Crippen molar-refractivity contribution in [2.75, 3.05) is 6.54 Å². The fourth-order valence-electron chi connectivity index (χ4n) is 0.905. The Bertz CT molecular complexity index is 410. The highest BCUT2D eigenvalue weighted by Crippen LogP contribution is 1.93. The van der Waals surface area contributed by atoms with Gasteiger partial charge in [-0.15, -0.1) is 0 Å². The van der Waals surface area contributed by atoms with E-state index in [2.05, 4.69) is 10.3 Å². The van der Waals surface area contributed by atoms with Crippen molar-refractivity contribution in [2.45, 2.75) is 20.3 Å². The van der Waals surface area contributed by atoms with Gasteiger partial charge in [0.2, 0.25) is 0 Å². The van der Waals surface area contributed by atoms with Crippen LogP contribution in [0.15, 0.2) is 30.3 Å². The van der Waals surface area contributed by atoms with Crippen LogP contribution >= 0.6 is 0 Å². The van der Waals surface area contributed by atoms with Gasteiger partial charge in [0.15, 0.2) is 0 Å². The molecule has 0 aliphatic heterocycles. The fraction of sp³-hybridized carbons (Fsp3) is 0.308. The van der Waals surface area contributed by atoms with Gasteiger partial charge in [0.1, 0.15) is 12.2 Å². The van der Waals surface area contributed by atoms with Gasteiger partial charge in [0, 0.05) is 6.54 Å². The van der Waals surface area contributed by atoms with Gasteiger partial charge >= 0.3 is 5.97 Å². The molecule has 0 unspecified atom stereocenters. The summed E-state index contributed by atoms with van der Waals surface area (Å²) in [5.41, 5.74) is 3.07. The van der Waals surface area contributed by atoms with Crippen LogP contribution in [0.3, 0.4) is 0 Å². The monoisotopic (exact) mass is 248 g/mol. The summed E-state index contributed by atoms with van der Waals surface area (Å²) in [6, 6.07) is 11.2. The molecule has 0 atom stereocenters. The van der Waals surface area contributed by atoms with Crippen LogP contribution in [0, 0.1) is 11.3 Å². The number of nitrogens with zero attached hydrogens (tertiary/aromatic N) is 1. The van der Waals surface area contributed by atoms with E-state index in [0.717, 1.165) is 0 Å². The predicted octanol–water partition coefficient (Wildman–Crippen LogP) is 1.59. The Morgan fingerprint density at radius 3 is 2.33 bits per heavy atom. The molecule has 5 heteroatoms. The quantitative estimate of drug-likeness (QED) is 0.646. The van der Waals surface area contributed by atoms with Crippen LogP contribution in [0.4, 0.5) is 0 Å². The molecule has 0 aromatic heterocycles. The Hall–Kier alpha value is -2.19. The van der Waals surface area contributed by atoms with Crippen molar-refractivity contribution in [2.24, 2.45) is 0 Å². The zero-order valence-electron chi connectivity index (χ0n) is 10.5. The van der Waals surface area contributed by atoms with E-state index in [9.17, 15) is 9.59 Å². The molecule has 0 aliphatic rings. The van der Waals surface area contributed by atoms with E-state index in [-0.39, 0.29) is 12.2 Å². The Morgan fingerprint density at radius 2 is 1.94 bits per heavy atom. The molecule has 0 saturated carbocycles. The number of rotatable bonds is 4. The fourth-order valence-corrected chi connectivity index (χ4v) is 0.905. The number of nitrogens with one attached hydrogen (secondary N) is 1. The van der Waals surface area contributed by atoms with Crippen LogP contribution in [0.2, 0.25) is 0 Å².